The van der Waals surface area contributed by atoms with Crippen LogP contribution in [0.1, 0.15) is 18.9 Å². The molecule has 0 radical (unpaired) electrons. The van der Waals surface area contributed by atoms with Gasteiger partial charge in [0, 0.05) is 19.6 Å². The van der Waals surface area contributed by atoms with Gasteiger partial charge in [0.2, 0.25) is 0 Å². The van der Waals surface area contributed by atoms with Gasteiger partial charge in [-0.25, -0.2) is 4.79 Å². The largest absolute Gasteiger partial charge is 0.463 e. The smallest absolute Gasteiger partial charge is 0.330 e. The molecule has 1 unspecified atom stereocenters. The Bertz CT molecular complexity index is 413. The predicted octanol–water partition coefficient (Wildman–Crippen LogP) is 2.03. The normalized spacial score (nSPS) is 14.3. The zero-order valence-electron chi connectivity index (χ0n) is 11.3. The average molecular weight is 264 g/mol. The van der Waals surface area contributed by atoms with E-state index < -0.39 is 11.6 Å². The van der Waals surface area contributed by atoms with Crippen molar-refractivity contribution in [2.45, 2.75) is 18.9 Å². The van der Waals surface area contributed by atoms with Crippen LogP contribution >= 0.6 is 0 Å². The van der Waals surface area contributed by atoms with E-state index in [1.807, 2.05) is 30.3 Å². The summed E-state index contributed by atoms with van der Waals surface area (Å²) >= 11 is 0. The van der Waals surface area contributed by atoms with Crippen molar-refractivity contribution in [1.82, 2.24) is 0 Å². The monoisotopic (exact) mass is 264 g/mol. The second kappa shape index (κ2) is 7.71. The minimum absolute atomic E-state index is 0.157. The van der Waals surface area contributed by atoms with Crippen molar-refractivity contribution in [2.24, 2.45) is 0 Å². The van der Waals surface area contributed by atoms with Gasteiger partial charge in [-0.3, -0.25) is 0 Å². The quantitative estimate of drug-likeness (QED) is 0.605. The average Bonchev–Trinajstić information content (AvgIpc) is 2.40. The van der Waals surface area contributed by atoms with Crippen LogP contribution in [-0.4, -0.2) is 31.4 Å². The predicted molar refractivity (Wildman–Crippen MR) is 72.6 cm³/mol. The number of benzene rings is 1. The van der Waals surface area contributed by atoms with Crippen LogP contribution in [-0.2, 0) is 19.9 Å². The third kappa shape index (κ3) is 4.85. The number of ether oxygens (including phenoxy) is 2. The maximum Gasteiger partial charge on any atom is 0.330 e. The number of hydrogen-bond donors (Lipinski definition) is 1. The molecule has 1 atom stereocenters. The third-order valence-corrected chi connectivity index (χ3v) is 2.69. The van der Waals surface area contributed by atoms with Gasteiger partial charge in [-0.15, -0.1) is 0 Å². The molecule has 1 N–H and O–H groups in total. The van der Waals surface area contributed by atoms with Gasteiger partial charge in [0.15, 0.2) is 0 Å². The first-order valence-electron chi connectivity index (χ1n) is 6.22. The van der Waals surface area contributed by atoms with Crippen molar-refractivity contribution in [3.8, 4) is 0 Å². The molecule has 0 saturated heterocycles. The molecule has 0 aliphatic rings. The van der Waals surface area contributed by atoms with Crippen LogP contribution in [0.15, 0.2) is 42.5 Å². The molecule has 19 heavy (non-hydrogen) atoms. The van der Waals surface area contributed by atoms with Gasteiger partial charge in [0.1, 0.15) is 5.60 Å². The van der Waals surface area contributed by atoms with Crippen LogP contribution in [0.2, 0.25) is 0 Å². The van der Waals surface area contributed by atoms with Gasteiger partial charge in [0.25, 0.3) is 0 Å². The van der Waals surface area contributed by atoms with Crippen LogP contribution < -0.4 is 0 Å². The second-order valence-corrected chi connectivity index (χ2v) is 4.19. The van der Waals surface area contributed by atoms with Gasteiger partial charge in [-0.2, -0.15) is 0 Å². The lowest BCUT2D eigenvalue weighted by atomic mass is 9.91. The number of carbonyl (C=O) groups excluding carboxylic acids is 1. The number of esters is 1. The molecule has 104 valence electrons. The van der Waals surface area contributed by atoms with E-state index in [4.69, 9.17) is 9.47 Å². The van der Waals surface area contributed by atoms with Crippen molar-refractivity contribution in [1.29, 1.82) is 0 Å². The van der Waals surface area contributed by atoms with E-state index in [2.05, 4.69) is 0 Å². The van der Waals surface area contributed by atoms with E-state index in [0.717, 1.165) is 5.56 Å². The Hall–Kier alpha value is -1.65. The van der Waals surface area contributed by atoms with E-state index in [1.165, 1.54) is 13.2 Å². The summed E-state index contributed by atoms with van der Waals surface area (Å²) in [5.74, 6) is -0.407. The summed E-state index contributed by atoms with van der Waals surface area (Å²) in [6.45, 7) is 2.24. The molecule has 0 bridgehead atoms. The summed E-state index contributed by atoms with van der Waals surface area (Å²) in [6.07, 6.45) is 3.21. The van der Waals surface area contributed by atoms with Gasteiger partial charge in [-0.1, -0.05) is 36.4 Å². The second-order valence-electron chi connectivity index (χ2n) is 4.19. The first-order chi connectivity index (χ1) is 9.12. The first-order valence-corrected chi connectivity index (χ1v) is 6.22. The Morgan fingerprint density at radius 1 is 1.37 bits per heavy atom. The van der Waals surface area contributed by atoms with Crippen molar-refractivity contribution in [3.05, 3.63) is 48.0 Å². The summed E-state index contributed by atoms with van der Waals surface area (Å²) in [5, 5.41) is 10.6. The van der Waals surface area contributed by atoms with E-state index in [1.54, 1.807) is 13.0 Å². The fourth-order valence-electron chi connectivity index (χ4n) is 1.79. The highest BCUT2D eigenvalue weighted by atomic mass is 16.5. The van der Waals surface area contributed by atoms with Gasteiger partial charge < -0.3 is 14.6 Å². The highest BCUT2D eigenvalue weighted by Gasteiger charge is 2.27. The van der Waals surface area contributed by atoms with Crippen molar-refractivity contribution < 1.29 is 19.4 Å². The summed E-state index contributed by atoms with van der Waals surface area (Å²) in [4.78, 5) is 11.2. The van der Waals surface area contributed by atoms with Gasteiger partial charge >= 0.3 is 5.97 Å². The summed E-state index contributed by atoms with van der Waals surface area (Å²) < 4.78 is 9.85. The number of rotatable bonds is 7. The molecule has 4 heteroatoms. The van der Waals surface area contributed by atoms with Crippen LogP contribution in [0.3, 0.4) is 0 Å². The topological polar surface area (TPSA) is 55.8 Å². The summed E-state index contributed by atoms with van der Waals surface area (Å²) in [6, 6.07) is 9.25. The molecule has 0 aliphatic carbocycles. The van der Waals surface area contributed by atoms with Crippen LogP contribution in [0.5, 0.6) is 0 Å². The van der Waals surface area contributed by atoms with Crippen molar-refractivity contribution >= 4 is 5.97 Å². The Kier molecular flexibility index (Phi) is 6.25. The van der Waals surface area contributed by atoms with Crippen LogP contribution in [0, 0.1) is 0 Å². The lowest BCUT2D eigenvalue weighted by Crippen LogP contribution is -2.30. The Balaban J connectivity index is 2.75. The molecule has 1 aromatic carbocycles. The summed E-state index contributed by atoms with van der Waals surface area (Å²) in [5.41, 5.74) is -0.385. The SMILES string of the molecule is CCOC(=O)/C=C/CC(O)(COC)c1ccccc1. The van der Waals surface area contributed by atoms with E-state index in [-0.39, 0.29) is 13.0 Å². The number of aliphatic hydroxyl groups is 1. The Morgan fingerprint density at radius 2 is 2.05 bits per heavy atom. The highest BCUT2D eigenvalue weighted by molar-refractivity contribution is 5.81. The molecule has 0 heterocycles. The molecule has 0 aliphatic heterocycles. The third-order valence-electron chi connectivity index (χ3n) is 2.69. The standard InChI is InChI=1S/C15H20O4/c1-3-19-14(16)10-7-11-15(17,12-18-2)13-8-5-4-6-9-13/h4-10,17H,3,11-12H2,1-2H3/b10-7+. The van der Waals surface area contributed by atoms with E-state index in [0.29, 0.717) is 6.61 Å². The zero-order valence-corrected chi connectivity index (χ0v) is 11.3. The molecule has 0 saturated carbocycles. The molecule has 4 nitrogen and oxygen atoms in total. The van der Waals surface area contributed by atoms with Gasteiger partial charge in [-0.05, 0) is 12.5 Å². The van der Waals surface area contributed by atoms with E-state index in [9.17, 15) is 9.90 Å². The lowest BCUT2D eigenvalue weighted by molar-refractivity contribution is -0.137. The molecule has 1 rings (SSSR count). The molecule has 0 amide bonds. The van der Waals surface area contributed by atoms with Crippen molar-refractivity contribution in [3.63, 3.8) is 0 Å². The number of hydrogen-bond acceptors (Lipinski definition) is 4. The van der Waals surface area contributed by atoms with Crippen LogP contribution in [0.4, 0.5) is 0 Å². The Labute approximate surface area is 113 Å². The highest BCUT2D eigenvalue weighted by Crippen LogP contribution is 2.25. The minimum atomic E-state index is -1.14. The number of carbonyl (C=O) groups is 1. The fraction of sp³-hybridized carbons (Fsp3) is 0.400. The lowest BCUT2D eigenvalue weighted by Gasteiger charge is -2.26. The molecule has 0 aromatic heterocycles. The molecule has 1 aromatic rings. The molecule has 0 spiro atoms. The van der Waals surface area contributed by atoms with Crippen molar-refractivity contribution in [2.75, 3.05) is 20.3 Å². The minimum Gasteiger partial charge on any atom is -0.463 e. The maximum absolute atomic E-state index is 11.2. The van der Waals surface area contributed by atoms with E-state index >= 15 is 0 Å². The Morgan fingerprint density at radius 3 is 2.63 bits per heavy atom. The molecular weight excluding hydrogens is 244 g/mol. The maximum atomic E-state index is 11.2. The number of methoxy groups -OCH3 is 1. The zero-order chi connectivity index (χ0) is 14.1. The molecular formula is C15H20O4. The molecule has 0 fully saturated rings. The first kappa shape index (κ1) is 15.4. The van der Waals surface area contributed by atoms with Gasteiger partial charge in [0.05, 0.1) is 13.2 Å². The van der Waals surface area contributed by atoms with Crippen LogP contribution in [0.25, 0.3) is 0 Å². The summed E-state index contributed by atoms with van der Waals surface area (Å²) in [7, 11) is 1.53. The fourth-order valence-corrected chi connectivity index (χ4v) is 1.79.